The quantitative estimate of drug-likeness (QED) is 0.0170. The summed E-state index contributed by atoms with van der Waals surface area (Å²) < 4.78 is 30.4. The zero-order valence-corrected chi connectivity index (χ0v) is 57.9. The topological polar surface area (TPSA) is 261 Å². The molecule has 0 fully saturated rings. The molecule has 101 heavy (non-hydrogen) atoms. The van der Waals surface area contributed by atoms with Gasteiger partial charge >= 0.3 is 5.97 Å². The van der Waals surface area contributed by atoms with Gasteiger partial charge in [0.2, 0.25) is 5.91 Å². The SMILES string of the molecule is C.CCN(CC)CCN(Cc1ccc(-c2ccc(C)cc2)cc1)C(=O)Cn1c(SCc2ccc(F)cc2)nc(=O)c2c1CCC2.CCc1c(C(=O)C(N)=O)c2c(OCC(=O)O)cccc2n1Cc1ccccc1.CCc1c(C(=O)C(N)=O)c2c(OCC(C)=O)cccc2n1Cc1ccccc1. The van der Waals surface area contributed by atoms with E-state index in [1.807, 2.05) is 105 Å². The van der Waals surface area contributed by atoms with Crippen LogP contribution in [0.15, 0.2) is 180 Å². The molecule has 0 radical (unpaired) electrons. The number of amides is 3. The normalized spacial score (nSPS) is 11.4. The first-order valence-electron chi connectivity index (χ1n) is 33.4. The van der Waals surface area contributed by atoms with Gasteiger partial charge in [0.05, 0.1) is 32.9 Å². The number of fused-ring (bicyclic) bond motifs is 3. The number of Topliss-reactive ketones (excluding diaryl/α,β-unsaturated/α-hetero) is 3. The fraction of sp³-hybridized carbons (Fsp3) is 0.287. The van der Waals surface area contributed by atoms with Gasteiger partial charge in [-0.05, 0) is 129 Å². The third-order valence-electron chi connectivity index (χ3n) is 17.5. The van der Waals surface area contributed by atoms with Crippen LogP contribution in [0.4, 0.5) is 4.39 Å². The predicted octanol–water partition coefficient (Wildman–Crippen LogP) is 12.4. The molecule has 526 valence electrons. The number of halogens is 1. The molecule has 19 nitrogen and oxygen atoms in total. The molecule has 0 saturated carbocycles. The number of aromatic nitrogens is 4. The maximum atomic E-state index is 14.1. The Morgan fingerprint density at radius 3 is 1.56 bits per heavy atom. The van der Waals surface area contributed by atoms with Crippen LogP contribution in [0.1, 0.15) is 120 Å². The maximum Gasteiger partial charge on any atom is 0.341 e. The molecule has 0 atom stereocenters. The van der Waals surface area contributed by atoms with E-state index in [4.69, 9.17) is 26.0 Å². The van der Waals surface area contributed by atoms with Crippen LogP contribution in [0.3, 0.4) is 0 Å². The number of aliphatic carboxylic acids is 1. The van der Waals surface area contributed by atoms with Gasteiger partial charge in [0.25, 0.3) is 28.9 Å². The highest BCUT2D eigenvalue weighted by molar-refractivity contribution is 7.98. The highest BCUT2D eigenvalue weighted by atomic mass is 32.2. The molecule has 0 aliphatic heterocycles. The average molecular weight is 1390 g/mol. The van der Waals surface area contributed by atoms with E-state index in [-0.39, 0.29) is 60.5 Å². The molecule has 0 spiro atoms. The lowest BCUT2D eigenvalue weighted by atomic mass is 10.0. The number of carbonyl (C=O) groups is 7. The molecule has 3 heterocycles. The molecule has 3 aromatic heterocycles. The van der Waals surface area contributed by atoms with Crippen molar-refractivity contribution in [3.8, 4) is 22.6 Å². The summed E-state index contributed by atoms with van der Waals surface area (Å²) in [4.78, 5) is 107. The van der Waals surface area contributed by atoms with Gasteiger partial charge in [-0.25, -0.2) is 9.18 Å². The van der Waals surface area contributed by atoms with Crippen molar-refractivity contribution in [2.45, 2.75) is 118 Å². The van der Waals surface area contributed by atoms with Gasteiger partial charge in [0.15, 0.2) is 17.5 Å². The number of thioether (sulfide) groups is 1. The number of carbonyl (C=O) groups excluding carboxylic acids is 6. The summed E-state index contributed by atoms with van der Waals surface area (Å²) in [7, 11) is 0. The van der Waals surface area contributed by atoms with Gasteiger partial charge in [-0.15, -0.1) is 0 Å². The van der Waals surface area contributed by atoms with Crippen LogP contribution in [-0.4, -0.2) is 114 Å². The van der Waals surface area contributed by atoms with Crippen LogP contribution in [-0.2, 0) is 81.6 Å². The van der Waals surface area contributed by atoms with Crippen LogP contribution in [0.5, 0.6) is 11.5 Å². The minimum Gasteiger partial charge on any atom is -0.485 e. The zero-order valence-electron chi connectivity index (χ0n) is 57.1. The first-order valence-corrected chi connectivity index (χ1v) is 34.4. The van der Waals surface area contributed by atoms with Crippen LogP contribution >= 0.6 is 11.8 Å². The molecule has 3 amide bonds. The van der Waals surface area contributed by atoms with Crippen molar-refractivity contribution < 1.29 is 52.5 Å². The molecule has 5 N–H and O–H groups in total. The van der Waals surface area contributed by atoms with E-state index >= 15 is 0 Å². The number of nitrogens with zero attached hydrogens (tertiary/aromatic N) is 6. The summed E-state index contributed by atoms with van der Waals surface area (Å²) >= 11 is 1.42. The van der Waals surface area contributed by atoms with Crippen molar-refractivity contribution in [3.05, 3.63) is 248 Å². The second-order valence-corrected chi connectivity index (χ2v) is 25.2. The first kappa shape index (κ1) is 76.0. The van der Waals surface area contributed by atoms with Gasteiger partial charge in [-0.3, -0.25) is 33.6 Å². The lowest BCUT2D eigenvalue weighted by molar-refractivity contribution is -0.139. The summed E-state index contributed by atoms with van der Waals surface area (Å²) in [6.07, 6.45) is 3.34. The van der Waals surface area contributed by atoms with Gasteiger partial charge in [-0.2, -0.15) is 4.98 Å². The second kappa shape index (κ2) is 35.8. The van der Waals surface area contributed by atoms with Crippen molar-refractivity contribution in [1.82, 2.24) is 28.5 Å². The minimum atomic E-state index is -1.14. The molecule has 7 aromatic carbocycles. The number of nitrogens with two attached hydrogens (primary N) is 2. The van der Waals surface area contributed by atoms with Crippen molar-refractivity contribution in [1.29, 1.82) is 0 Å². The summed E-state index contributed by atoms with van der Waals surface area (Å²) in [5, 5.41) is 10.4. The number of ketones is 3. The summed E-state index contributed by atoms with van der Waals surface area (Å²) in [6.45, 7) is 15.8. The maximum absolute atomic E-state index is 14.1. The van der Waals surface area contributed by atoms with Crippen molar-refractivity contribution >= 4 is 74.6 Å². The first-order chi connectivity index (χ1) is 48.2. The van der Waals surface area contributed by atoms with Gasteiger partial charge < -0.3 is 49.5 Å². The molecule has 11 rings (SSSR count). The van der Waals surface area contributed by atoms with Gasteiger partial charge in [0, 0.05) is 61.1 Å². The Hall–Kier alpha value is -10.8. The van der Waals surface area contributed by atoms with Gasteiger partial charge in [-0.1, -0.05) is 186 Å². The fourth-order valence-electron chi connectivity index (χ4n) is 12.5. The van der Waals surface area contributed by atoms with Crippen molar-refractivity contribution in [3.63, 3.8) is 0 Å². The van der Waals surface area contributed by atoms with E-state index in [1.165, 1.54) is 41.9 Å². The smallest absolute Gasteiger partial charge is 0.341 e. The molecule has 10 aromatic rings. The van der Waals surface area contributed by atoms with Crippen LogP contribution < -0.4 is 26.5 Å². The van der Waals surface area contributed by atoms with E-state index in [9.17, 15) is 42.7 Å². The number of carboxylic acid groups (broad SMARTS) is 1. The third-order valence-corrected chi connectivity index (χ3v) is 18.5. The number of hydrogen-bond donors (Lipinski definition) is 3. The lowest BCUT2D eigenvalue weighted by Crippen LogP contribution is -2.40. The van der Waals surface area contributed by atoms with E-state index in [0.29, 0.717) is 89.8 Å². The summed E-state index contributed by atoms with van der Waals surface area (Å²) in [5.41, 5.74) is 22.9. The molecular formula is C80H87FN8O11S. The molecule has 0 saturated heterocycles. The highest BCUT2D eigenvalue weighted by Gasteiger charge is 2.30. The number of likely N-dealkylation sites (N-methyl/N-ethyl adjacent to an activating group) is 1. The third kappa shape index (κ3) is 19.0. The Morgan fingerprint density at radius 1 is 0.594 bits per heavy atom. The van der Waals surface area contributed by atoms with Gasteiger partial charge in [0.1, 0.15) is 30.5 Å². The molecule has 1 aliphatic carbocycles. The fourth-order valence-corrected chi connectivity index (χ4v) is 13.4. The number of primary amides is 2. The number of hydrogen-bond acceptors (Lipinski definition) is 13. The summed E-state index contributed by atoms with van der Waals surface area (Å²) in [6, 6.07) is 53.3. The Labute approximate surface area is 591 Å². The number of ether oxygens (including phenoxy) is 2. The molecular weight excluding hydrogens is 1300 g/mol. The Bertz CT molecular complexity index is 4470. The Balaban J connectivity index is 0.000000200. The standard InChI is InChI=1S/C36H41FN4O2S.C22H22N2O4.C21H20N2O5.CH4/c1-4-39(5-2)21-22-40(23-27-11-17-30(18-12-27)29-15-9-26(3)10-16-29)34(42)24-41-33-8-6-7-32(33)35(43)38-36(41)44-25-28-13-19-31(37)20-14-28;1-3-16-20(21(26)22(23)27)19-17(10-7-11-18(19)28-13-14(2)25)24(16)12-15-8-5-4-6-9-15;1-2-14-19(20(26)21(22)27)18-15(9-6-10-16(18)28-12-17(24)25)23(14)11-13-7-4-3-5-8-13;/h9-20H,4-8,21-25H2,1-3H3;4-11H,3,12-13H2,1-2H3,(H2,23,27);3-10H,2,11-12H2,1H3,(H2,22,27)(H,24,25);1H4. The van der Waals surface area contributed by atoms with Crippen molar-refractivity contribution in [2.24, 2.45) is 11.5 Å². The molecule has 21 heteroatoms. The zero-order chi connectivity index (χ0) is 71.6. The van der Waals surface area contributed by atoms with Crippen LogP contribution in [0.25, 0.3) is 32.9 Å². The second-order valence-electron chi connectivity index (χ2n) is 24.2. The van der Waals surface area contributed by atoms with E-state index in [0.717, 1.165) is 77.1 Å². The molecule has 0 unspecified atom stereocenters. The van der Waals surface area contributed by atoms with E-state index in [2.05, 4.69) is 79.2 Å². The number of rotatable bonds is 29. The molecule has 1 aliphatic rings. The van der Waals surface area contributed by atoms with Crippen LogP contribution in [0.2, 0.25) is 0 Å². The molecule has 0 bridgehead atoms. The lowest BCUT2D eigenvalue weighted by Gasteiger charge is -2.28. The number of carboxylic acids is 1. The Morgan fingerprint density at radius 2 is 1.09 bits per heavy atom. The minimum absolute atomic E-state index is 0. The van der Waals surface area contributed by atoms with Crippen molar-refractivity contribution in [2.75, 3.05) is 39.4 Å². The largest absolute Gasteiger partial charge is 0.485 e. The van der Waals surface area contributed by atoms with E-state index < -0.39 is 36.0 Å². The summed E-state index contributed by atoms with van der Waals surface area (Å²) in [5.74, 6) is -4.08. The monoisotopic (exact) mass is 1390 g/mol. The number of benzene rings is 7. The average Bonchev–Trinajstić information content (AvgIpc) is 1.61. The number of aryl methyl sites for hydroxylation is 1. The predicted molar refractivity (Wildman–Crippen MR) is 393 cm³/mol. The highest BCUT2D eigenvalue weighted by Crippen LogP contribution is 2.38. The van der Waals surface area contributed by atoms with Crippen LogP contribution in [0, 0.1) is 12.7 Å². The Kier molecular flexibility index (Phi) is 27.0. The van der Waals surface area contributed by atoms with E-state index in [1.54, 1.807) is 36.4 Å².